The van der Waals surface area contributed by atoms with Crippen molar-refractivity contribution in [3.05, 3.63) is 35.9 Å². The summed E-state index contributed by atoms with van der Waals surface area (Å²) in [4.78, 5) is 0. The summed E-state index contributed by atoms with van der Waals surface area (Å²) in [5, 5.41) is 9.18. The molecule has 0 bridgehead atoms. The Morgan fingerprint density at radius 2 is 1.82 bits per heavy atom. The average Bonchev–Trinajstić information content (AvgIpc) is 2.29. The van der Waals surface area contributed by atoms with Crippen molar-refractivity contribution in [3.63, 3.8) is 0 Å². The SMILES string of the molecule is CS(=O)(=O)C1CC(c2ccccc2)CCC1O. The first kappa shape index (κ1) is 12.6. The summed E-state index contributed by atoms with van der Waals surface area (Å²) < 4.78 is 23.2. The van der Waals surface area contributed by atoms with Crippen LogP contribution >= 0.6 is 0 Å². The van der Waals surface area contributed by atoms with Crippen LogP contribution in [-0.4, -0.2) is 31.1 Å². The van der Waals surface area contributed by atoms with E-state index in [0.717, 1.165) is 6.42 Å². The number of aliphatic hydroxyl groups is 1. The van der Waals surface area contributed by atoms with Gasteiger partial charge in [-0.15, -0.1) is 0 Å². The lowest BCUT2D eigenvalue weighted by Crippen LogP contribution is -2.38. The van der Waals surface area contributed by atoms with Crippen LogP contribution in [-0.2, 0) is 9.84 Å². The minimum Gasteiger partial charge on any atom is -0.392 e. The molecule has 0 amide bonds. The first-order valence-electron chi connectivity index (χ1n) is 5.90. The average molecular weight is 254 g/mol. The molecule has 1 aromatic rings. The van der Waals surface area contributed by atoms with Gasteiger partial charge in [0.05, 0.1) is 11.4 Å². The molecule has 0 radical (unpaired) electrons. The summed E-state index contributed by atoms with van der Waals surface area (Å²) in [5.41, 5.74) is 1.17. The first-order valence-corrected chi connectivity index (χ1v) is 7.86. The molecule has 0 saturated heterocycles. The second-order valence-electron chi connectivity index (χ2n) is 4.86. The highest BCUT2D eigenvalue weighted by Gasteiger charge is 2.36. The maximum atomic E-state index is 11.6. The fourth-order valence-electron chi connectivity index (χ4n) is 2.60. The number of sulfone groups is 1. The smallest absolute Gasteiger partial charge is 0.152 e. The summed E-state index contributed by atoms with van der Waals surface area (Å²) >= 11 is 0. The topological polar surface area (TPSA) is 54.4 Å². The predicted molar refractivity (Wildman–Crippen MR) is 67.7 cm³/mol. The molecule has 1 saturated carbocycles. The van der Waals surface area contributed by atoms with Crippen molar-refractivity contribution >= 4 is 9.84 Å². The van der Waals surface area contributed by atoms with Gasteiger partial charge in [-0.3, -0.25) is 0 Å². The van der Waals surface area contributed by atoms with Crippen molar-refractivity contribution in [3.8, 4) is 0 Å². The predicted octanol–water partition coefficient (Wildman–Crippen LogP) is 1.73. The van der Waals surface area contributed by atoms with Gasteiger partial charge < -0.3 is 5.11 Å². The van der Waals surface area contributed by atoms with Gasteiger partial charge >= 0.3 is 0 Å². The lowest BCUT2D eigenvalue weighted by atomic mass is 9.82. The van der Waals surface area contributed by atoms with Gasteiger partial charge in [-0.05, 0) is 30.7 Å². The lowest BCUT2D eigenvalue weighted by Gasteiger charge is -2.32. The standard InChI is InChI=1S/C13H18O3S/c1-17(15,16)13-9-11(7-8-12(13)14)10-5-3-2-4-6-10/h2-6,11-14H,7-9H2,1H3. The summed E-state index contributed by atoms with van der Waals surface area (Å²) in [6.45, 7) is 0. The van der Waals surface area contributed by atoms with Crippen molar-refractivity contribution in [1.29, 1.82) is 0 Å². The van der Waals surface area contributed by atoms with E-state index >= 15 is 0 Å². The summed E-state index contributed by atoms with van der Waals surface area (Å²) in [6.07, 6.45) is 2.47. The van der Waals surface area contributed by atoms with Gasteiger partial charge in [0.2, 0.25) is 0 Å². The van der Waals surface area contributed by atoms with Crippen LogP contribution in [0, 0.1) is 0 Å². The van der Waals surface area contributed by atoms with Gasteiger partial charge in [0.15, 0.2) is 9.84 Å². The summed E-state index contributed by atoms with van der Waals surface area (Å²) in [5.74, 6) is 0.249. The Labute approximate surface area is 102 Å². The first-order chi connectivity index (χ1) is 7.98. The number of aliphatic hydroxyl groups excluding tert-OH is 1. The van der Waals surface area contributed by atoms with Crippen molar-refractivity contribution < 1.29 is 13.5 Å². The van der Waals surface area contributed by atoms with Gasteiger partial charge in [0.25, 0.3) is 0 Å². The van der Waals surface area contributed by atoms with Crippen LogP contribution in [0.2, 0.25) is 0 Å². The van der Waals surface area contributed by atoms with Crippen LogP contribution in [0.5, 0.6) is 0 Å². The zero-order valence-corrected chi connectivity index (χ0v) is 10.7. The minimum absolute atomic E-state index is 0.249. The second kappa shape index (κ2) is 4.78. The van der Waals surface area contributed by atoms with Gasteiger partial charge in [0, 0.05) is 6.26 Å². The van der Waals surface area contributed by atoms with E-state index < -0.39 is 21.2 Å². The summed E-state index contributed by atoms with van der Waals surface area (Å²) in [7, 11) is -3.17. The molecule has 1 aliphatic carbocycles. The molecule has 1 aromatic carbocycles. The quantitative estimate of drug-likeness (QED) is 0.874. The molecule has 0 spiro atoms. The molecule has 2 rings (SSSR count). The number of hydrogen-bond acceptors (Lipinski definition) is 3. The third-order valence-electron chi connectivity index (χ3n) is 3.58. The van der Waals surface area contributed by atoms with Crippen LogP contribution < -0.4 is 0 Å². The van der Waals surface area contributed by atoms with Crippen molar-refractivity contribution in [2.75, 3.05) is 6.26 Å². The van der Waals surface area contributed by atoms with Gasteiger partial charge in [-0.2, -0.15) is 0 Å². The van der Waals surface area contributed by atoms with Gasteiger partial charge in [-0.1, -0.05) is 30.3 Å². The van der Waals surface area contributed by atoms with Crippen molar-refractivity contribution in [1.82, 2.24) is 0 Å². The van der Waals surface area contributed by atoms with Crippen LogP contribution in [0.3, 0.4) is 0 Å². The fourth-order valence-corrected chi connectivity index (χ4v) is 3.89. The molecule has 1 aliphatic rings. The van der Waals surface area contributed by atoms with Gasteiger partial charge in [0.1, 0.15) is 0 Å². The van der Waals surface area contributed by atoms with Crippen LogP contribution in [0.15, 0.2) is 30.3 Å². The Hall–Kier alpha value is -0.870. The molecule has 3 unspecified atom stereocenters. The Kier molecular flexibility index (Phi) is 3.54. The molecule has 3 nitrogen and oxygen atoms in total. The van der Waals surface area contributed by atoms with Crippen molar-refractivity contribution in [2.45, 2.75) is 36.5 Å². The van der Waals surface area contributed by atoms with Crippen LogP contribution in [0.25, 0.3) is 0 Å². The molecule has 3 atom stereocenters. The fraction of sp³-hybridized carbons (Fsp3) is 0.538. The van der Waals surface area contributed by atoms with E-state index in [2.05, 4.69) is 0 Å². The van der Waals surface area contributed by atoms with E-state index in [1.54, 1.807) is 0 Å². The molecule has 94 valence electrons. The Balaban J connectivity index is 2.19. The monoisotopic (exact) mass is 254 g/mol. The van der Waals surface area contributed by atoms with E-state index in [-0.39, 0.29) is 5.92 Å². The molecule has 0 aliphatic heterocycles. The second-order valence-corrected chi connectivity index (χ2v) is 7.12. The van der Waals surface area contributed by atoms with E-state index in [1.165, 1.54) is 11.8 Å². The number of rotatable bonds is 2. The normalized spacial score (nSPS) is 30.1. The third-order valence-corrected chi connectivity index (χ3v) is 5.18. The lowest BCUT2D eigenvalue weighted by molar-refractivity contribution is 0.126. The molecule has 17 heavy (non-hydrogen) atoms. The maximum Gasteiger partial charge on any atom is 0.152 e. The highest BCUT2D eigenvalue weighted by atomic mass is 32.2. The Morgan fingerprint density at radius 1 is 1.18 bits per heavy atom. The Morgan fingerprint density at radius 3 is 2.41 bits per heavy atom. The highest BCUT2D eigenvalue weighted by molar-refractivity contribution is 7.91. The largest absolute Gasteiger partial charge is 0.392 e. The third kappa shape index (κ3) is 2.87. The molecule has 1 N–H and O–H groups in total. The zero-order chi connectivity index (χ0) is 12.5. The molecular formula is C13H18O3S. The molecular weight excluding hydrogens is 236 g/mol. The van der Waals surface area contributed by atoms with Crippen LogP contribution in [0.4, 0.5) is 0 Å². The van der Waals surface area contributed by atoms with E-state index in [9.17, 15) is 13.5 Å². The van der Waals surface area contributed by atoms with E-state index in [4.69, 9.17) is 0 Å². The maximum absolute atomic E-state index is 11.6. The highest BCUT2D eigenvalue weighted by Crippen LogP contribution is 2.35. The molecule has 4 heteroatoms. The number of hydrogen-bond donors (Lipinski definition) is 1. The number of benzene rings is 1. The van der Waals surface area contributed by atoms with Gasteiger partial charge in [-0.25, -0.2) is 8.42 Å². The summed E-state index contributed by atoms with van der Waals surface area (Å²) in [6, 6.07) is 9.95. The molecule has 1 fully saturated rings. The van der Waals surface area contributed by atoms with Crippen molar-refractivity contribution in [2.24, 2.45) is 0 Å². The molecule has 0 aromatic heterocycles. The van der Waals surface area contributed by atoms with Crippen LogP contribution in [0.1, 0.15) is 30.7 Å². The molecule has 0 heterocycles. The minimum atomic E-state index is -3.17. The van der Waals surface area contributed by atoms with E-state index in [0.29, 0.717) is 12.8 Å². The Bertz CT molecular complexity index is 467. The van der Waals surface area contributed by atoms with E-state index in [1.807, 2.05) is 30.3 Å². The zero-order valence-electron chi connectivity index (χ0n) is 9.91.